The van der Waals surface area contributed by atoms with Crippen molar-refractivity contribution in [3.8, 4) is 11.8 Å². The second-order valence-corrected chi connectivity index (χ2v) is 13.1. The Balaban J connectivity index is 1.64. The minimum Gasteiger partial charge on any atom is -0.466 e. The van der Waals surface area contributed by atoms with Gasteiger partial charge >= 0.3 is 5.97 Å². The molecule has 0 heterocycles. The second-order valence-electron chi connectivity index (χ2n) is 13.1. The summed E-state index contributed by atoms with van der Waals surface area (Å²) in [4.78, 5) is 11.8. The summed E-state index contributed by atoms with van der Waals surface area (Å²) in [6.07, 6.45) is 12.4. The number of ether oxygens (including phenoxy) is 1. The van der Waals surface area contributed by atoms with Crippen LogP contribution in [0.4, 0.5) is 0 Å². The Kier molecular flexibility index (Phi) is 11.1. The van der Waals surface area contributed by atoms with Gasteiger partial charge in [0.15, 0.2) is 0 Å². The Morgan fingerprint density at radius 3 is 2.72 bits per heavy atom. The summed E-state index contributed by atoms with van der Waals surface area (Å²) in [6.45, 7) is 14.8. The van der Waals surface area contributed by atoms with Gasteiger partial charge in [-0.1, -0.05) is 51.0 Å². The standard InChI is InChI=1S/C34H52O5/c1-7-21-39-31(36)14-8-13-27-30(35)22-26(24(3)32(27)37)16-15-25-12-10-20-34(6)28(17-18-29(25)34)23(2)11-9-19-33(4,5)38/h15-16,23,27-30,32,35,37-38H,3,7-8,10-14,17-18,20-22H2,1-2,4-6H3/b25-15+,26-16-/t23-,27+,28-,29+,30-,32-,34-/m1/s1. The predicted octanol–water partition coefficient (Wildman–Crippen LogP) is 6.28. The van der Waals surface area contributed by atoms with Crippen LogP contribution < -0.4 is 0 Å². The summed E-state index contributed by atoms with van der Waals surface area (Å²) in [5, 5.41) is 31.8. The number of allylic oxidation sites excluding steroid dienone is 3. The third kappa shape index (κ3) is 8.09. The average molecular weight is 541 g/mol. The molecule has 39 heavy (non-hydrogen) atoms. The van der Waals surface area contributed by atoms with E-state index in [4.69, 9.17) is 4.74 Å². The lowest BCUT2D eigenvalue weighted by Crippen LogP contribution is -2.38. The molecular formula is C34H52O5. The van der Waals surface area contributed by atoms with Crippen LogP contribution in [-0.2, 0) is 9.53 Å². The van der Waals surface area contributed by atoms with E-state index < -0.39 is 17.8 Å². The normalized spacial score (nSPS) is 33.9. The van der Waals surface area contributed by atoms with Crippen molar-refractivity contribution in [2.24, 2.45) is 29.1 Å². The molecule has 0 aromatic heterocycles. The predicted molar refractivity (Wildman–Crippen MR) is 157 cm³/mol. The molecule has 3 aliphatic rings. The zero-order valence-corrected chi connectivity index (χ0v) is 25.0. The van der Waals surface area contributed by atoms with Gasteiger partial charge in [-0.3, -0.25) is 4.79 Å². The van der Waals surface area contributed by atoms with E-state index in [0.717, 1.165) is 24.8 Å². The van der Waals surface area contributed by atoms with E-state index in [-0.39, 0.29) is 17.3 Å². The van der Waals surface area contributed by atoms with Crippen molar-refractivity contribution in [1.29, 1.82) is 0 Å². The van der Waals surface area contributed by atoms with Gasteiger partial charge in [0.2, 0.25) is 0 Å². The summed E-state index contributed by atoms with van der Waals surface area (Å²) in [5.74, 6) is 7.34. The van der Waals surface area contributed by atoms with Crippen molar-refractivity contribution >= 4 is 5.97 Å². The van der Waals surface area contributed by atoms with E-state index in [1.807, 2.05) is 6.92 Å². The van der Waals surface area contributed by atoms with Gasteiger partial charge in [0.1, 0.15) is 5.60 Å². The fraction of sp³-hybridized carbons (Fsp3) is 0.735. The molecule has 0 radical (unpaired) electrons. The smallest absolute Gasteiger partial charge is 0.305 e. The quantitative estimate of drug-likeness (QED) is 0.237. The van der Waals surface area contributed by atoms with Crippen LogP contribution in [0.15, 0.2) is 35.5 Å². The maximum absolute atomic E-state index is 11.8. The first kappa shape index (κ1) is 31.7. The Morgan fingerprint density at radius 1 is 1.28 bits per heavy atom. The van der Waals surface area contributed by atoms with E-state index >= 15 is 0 Å². The lowest BCUT2D eigenvalue weighted by molar-refractivity contribution is -0.144. The van der Waals surface area contributed by atoms with Gasteiger partial charge in [-0.15, -0.1) is 5.92 Å². The van der Waals surface area contributed by atoms with Crippen molar-refractivity contribution in [2.45, 2.75) is 123 Å². The molecule has 5 nitrogen and oxygen atoms in total. The van der Waals surface area contributed by atoms with Crippen molar-refractivity contribution in [3.63, 3.8) is 0 Å². The van der Waals surface area contributed by atoms with Crippen LogP contribution in [-0.4, -0.2) is 45.7 Å². The van der Waals surface area contributed by atoms with Gasteiger partial charge in [-0.05, 0) is 106 Å². The molecule has 3 saturated carbocycles. The molecule has 0 aliphatic heterocycles. The number of esters is 1. The number of rotatable bonds is 9. The average Bonchev–Trinajstić information content (AvgIpc) is 3.22. The number of carbonyl (C=O) groups is 1. The number of hydrogen-bond acceptors (Lipinski definition) is 5. The Morgan fingerprint density at radius 2 is 2.03 bits per heavy atom. The molecule has 3 fully saturated rings. The molecule has 0 bridgehead atoms. The summed E-state index contributed by atoms with van der Waals surface area (Å²) in [6, 6.07) is 0. The molecule has 3 N–H and O–H groups in total. The number of fused-ring (bicyclic) bond motifs is 1. The van der Waals surface area contributed by atoms with Gasteiger partial charge in [0.25, 0.3) is 0 Å². The maximum atomic E-state index is 11.8. The van der Waals surface area contributed by atoms with Crippen molar-refractivity contribution in [2.75, 3.05) is 6.61 Å². The highest BCUT2D eigenvalue weighted by atomic mass is 16.5. The fourth-order valence-electron chi connectivity index (χ4n) is 7.45. The molecule has 218 valence electrons. The second kappa shape index (κ2) is 13.7. The maximum Gasteiger partial charge on any atom is 0.305 e. The Bertz CT molecular complexity index is 989. The van der Waals surface area contributed by atoms with E-state index in [1.54, 1.807) is 13.8 Å². The number of aliphatic hydroxyl groups excluding tert-OH is 2. The molecule has 0 amide bonds. The van der Waals surface area contributed by atoms with Crippen LogP contribution in [0.2, 0.25) is 0 Å². The highest BCUT2D eigenvalue weighted by molar-refractivity contribution is 5.69. The molecule has 0 aromatic rings. The zero-order valence-electron chi connectivity index (χ0n) is 25.0. The van der Waals surface area contributed by atoms with Crippen molar-refractivity contribution in [3.05, 3.63) is 35.5 Å². The Hall–Kier alpha value is -1.87. The first-order valence-corrected chi connectivity index (χ1v) is 15.2. The van der Waals surface area contributed by atoms with Crippen LogP contribution in [0.1, 0.15) is 105 Å². The lowest BCUT2D eigenvalue weighted by atomic mass is 9.61. The molecule has 0 spiro atoms. The van der Waals surface area contributed by atoms with Gasteiger partial charge < -0.3 is 20.1 Å². The topological polar surface area (TPSA) is 87.0 Å². The molecule has 0 aromatic carbocycles. The minimum atomic E-state index is -0.942. The molecule has 0 saturated heterocycles. The molecule has 0 unspecified atom stereocenters. The molecule has 7 atom stereocenters. The van der Waals surface area contributed by atoms with Crippen molar-refractivity contribution in [1.82, 2.24) is 0 Å². The first-order valence-electron chi connectivity index (χ1n) is 15.2. The number of aliphatic hydroxyl groups is 3. The SMILES string of the molecule is C=C1/C(=C\C=C2/CCC[C@]3(C)[C@@H]([C@H](C)CC#CC(C)(C)O)CC[C@@H]23)C[C@@H](O)[C@H](CCCC(=O)OCCC)[C@@H]1O. The van der Waals surface area contributed by atoms with Crippen LogP contribution in [0.25, 0.3) is 0 Å². The van der Waals surface area contributed by atoms with Gasteiger partial charge in [-0.2, -0.15) is 0 Å². The first-order chi connectivity index (χ1) is 18.4. The van der Waals surface area contributed by atoms with Gasteiger partial charge in [-0.25, -0.2) is 0 Å². The minimum absolute atomic E-state index is 0.215. The molecule has 3 aliphatic carbocycles. The fourth-order valence-corrected chi connectivity index (χ4v) is 7.45. The van der Waals surface area contributed by atoms with E-state index in [0.29, 0.717) is 55.6 Å². The summed E-state index contributed by atoms with van der Waals surface area (Å²) in [7, 11) is 0. The van der Waals surface area contributed by atoms with E-state index in [9.17, 15) is 20.1 Å². The van der Waals surface area contributed by atoms with Gasteiger partial charge in [0, 0.05) is 18.8 Å². The van der Waals surface area contributed by atoms with Crippen LogP contribution in [0, 0.1) is 40.9 Å². The third-order valence-electron chi connectivity index (χ3n) is 9.53. The number of carbonyl (C=O) groups excluding carboxylic acids is 1. The summed E-state index contributed by atoms with van der Waals surface area (Å²) < 4.78 is 5.14. The van der Waals surface area contributed by atoms with Crippen LogP contribution >= 0.6 is 0 Å². The summed E-state index contributed by atoms with van der Waals surface area (Å²) in [5.41, 5.74) is 2.42. The van der Waals surface area contributed by atoms with Crippen LogP contribution in [0.5, 0.6) is 0 Å². The van der Waals surface area contributed by atoms with E-state index in [2.05, 4.69) is 44.4 Å². The largest absolute Gasteiger partial charge is 0.466 e. The van der Waals surface area contributed by atoms with E-state index in [1.165, 1.54) is 31.3 Å². The third-order valence-corrected chi connectivity index (χ3v) is 9.53. The van der Waals surface area contributed by atoms with Gasteiger partial charge in [0.05, 0.1) is 18.8 Å². The van der Waals surface area contributed by atoms with Crippen LogP contribution in [0.3, 0.4) is 0 Å². The molecule has 5 heteroatoms. The molecular weight excluding hydrogens is 488 g/mol. The summed E-state index contributed by atoms with van der Waals surface area (Å²) >= 11 is 0. The van der Waals surface area contributed by atoms with Crippen molar-refractivity contribution < 1.29 is 24.9 Å². The Labute approximate surface area is 236 Å². The highest BCUT2D eigenvalue weighted by Crippen LogP contribution is 2.59. The number of hydrogen-bond donors (Lipinski definition) is 3. The lowest BCUT2D eigenvalue weighted by Gasteiger charge is -2.44. The molecule has 3 rings (SSSR count). The zero-order chi connectivity index (χ0) is 28.8. The monoisotopic (exact) mass is 540 g/mol. The highest BCUT2D eigenvalue weighted by Gasteiger charge is 2.50.